The molecule has 0 unspecified atom stereocenters. The number of piperidine rings is 1. The van der Waals surface area contributed by atoms with Crippen LogP contribution in [0.2, 0.25) is 0 Å². The molecule has 31 heavy (non-hydrogen) atoms. The van der Waals surface area contributed by atoms with Crippen LogP contribution >= 0.6 is 0 Å². The van der Waals surface area contributed by atoms with E-state index >= 15 is 0 Å². The fourth-order valence-electron chi connectivity index (χ4n) is 3.51. The normalized spacial score (nSPS) is 15.5. The lowest BCUT2D eigenvalue weighted by Crippen LogP contribution is -2.30. The molecule has 0 saturated carbocycles. The predicted molar refractivity (Wildman–Crippen MR) is 108 cm³/mol. The van der Waals surface area contributed by atoms with Crippen molar-refractivity contribution >= 4 is 11.9 Å². The number of rotatable bonds is 5. The first-order valence-electron chi connectivity index (χ1n) is 10.0. The molecule has 162 valence electrons. The Kier molecular flexibility index (Phi) is 5.92. The van der Waals surface area contributed by atoms with E-state index in [4.69, 9.17) is 4.42 Å². The van der Waals surface area contributed by atoms with Gasteiger partial charge in [0, 0.05) is 18.7 Å². The standard InChI is InChI=1S/C22H21F3N4O2/c23-22(24,25)17-11-9-16(10-12-17)19(30)26-18(15-7-3-1-4-8-15)20-27-28-21(31-20)29-13-5-2-6-14-29/h1,3-4,7-12,18H,2,5-6,13-14H2,(H,26,30)/t18-/m0/s1. The van der Waals surface area contributed by atoms with Crippen LogP contribution in [0.3, 0.4) is 0 Å². The second-order valence-corrected chi connectivity index (χ2v) is 7.36. The summed E-state index contributed by atoms with van der Waals surface area (Å²) < 4.78 is 44.3. The number of amides is 1. The number of nitrogens with zero attached hydrogens (tertiary/aromatic N) is 3. The quantitative estimate of drug-likeness (QED) is 0.641. The summed E-state index contributed by atoms with van der Waals surface area (Å²) in [6.45, 7) is 1.66. The molecule has 1 aliphatic heterocycles. The number of alkyl halides is 3. The molecule has 1 amide bonds. The second kappa shape index (κ2) is 8.79. The summed E-state index contributed by atoms with van der Waals surface area (Å²) in [4.78, 5) is 14.8. The number of hydrogen-bond acceptors (Lipinski definition) is 5. The molecule has 4 rings (SSSR count). The summed E-state index contributed by atoms with van der Waals surface area (Å²) in [7, 11) is 0. The van der Waals surface area contributed by atoms with Gasteiger partial charge in [-0.2, -0.15) is 13.2 Å². The lowest BCUT2D eigenvalue weighted by molar-refractivity contribution is -0.137. The Balaban J connectivity index is 1.58. The van der Waals surface area contributed by atoms with Crippen molar-refractivity contribution in [1.82, 2.24) is 15.5 Å². The predicted octanol–water partition coefficient (Wildman–Crippen LogP) is 4.60. The molecule has 0 aliphatic carbocycles. The highest BCUT2D eigenvalue weighted by molar-refractivity contribution is 5.94. The van der Waals surface area contributed by atoms with E-state index in [1.807, 2.05) is 35.2 Å². The molecule has 9 heteroatoms. The van der Waals surface area contributed by atoms with Gasteiger partial charge in [0.2, 0.25) is 5.89 Å². The molecule has 1 fully saturated rings. The maximum atomic E-state index is 12.8. The van der Waals surface area contributed by atoms with Crippen LogP contribution in [0.5, 0.6) is 0 Å². The minimum Gasteiger partial charge on any atom is -0.405 e. The monoisotopic (exact) mass is 430 g/mol. The summed E-state index contributed by atoms with van der Waals surface area (Å²) in [5, 5.41) is 11.1. The first kappa shape index (κ1) is 20.9. The fourth-order valence-corrected chi connectivity index (χ4v) is 3.51. The zero-order valence-corrected chi connectivity index (χ0v) is 16.6. The van der Waals surface area contributed by atoms with Crippen molar-refractivity contribution in [2.75, 3.05) is 18.0 Å². The Hall–Kier alpha value is -3.36. The van der Waals surface area contributed by atoms with Crippen LogP contribution in [-0.4, -0.2) is 29.2 Å². The Morgan fingerprint density at radius 3 is 2.29 bits per heavy atom. The molecule has 1 aliphatic rings. The number of carbonyl (C=O) groups is 1. The van der Waals surface area contributed by atoms with Gasteiger partial charge in [-0.3, -0.25) is 4.79 Å². The zero-order chi connectivity index (χ0) is 21.8. The number of carbonyl (C=O) groups excluding carboxylic acids is 1. The van der Waals surface area contributed by atoms with Gasteiger partial charge in [-0.15, -0.1) is 5.10 Å². The van der Waals surface area contributed by atoms with Crippen LogP contribution < -0.4 is 10.2 Å². The van der Waals surface area contributed by atoms with Crippen molar-refractivity contribution in [3.05, 3.63) is 77.2 Å². The van der Waals surface area contributed by atoms with Gasteiger partial charge in [0.1, 0.15) is 6.04 Å². The van der Waals surface area contributed by atoms with Gasteiger partial charge < -0.3 is 14.6 Å². The van der Waals surface area contributed by atoms with Gasteiger partial charge in [0.15, 0.2) is 0 Å². The Bertz CT molecular complexity index is 1010. The van der Waals surface area contributed by atoms with Crippen molar-refractivity contribution in [2.24, 2.45) is 0 Å². The van der Waals surface area contributed by atoms with Crippen molar-refractivity contribution in [2.45, 2.75) is 31.5 Å². The highest BCUT2D eigenvalue weighted by atomic mass is 19.4. The average molecular weight is 430 g/mol. The second-order valence-electron chi connectivity index (χ2n) is 7.36. The molecule has 2 aromatic carbocycles. The number of hydrogen-bond donors (Lipinski definition) is 1. The van der Waals surface area contributed by atoms with Gasteiger partial charge >= 0.3 is 12.2 Å². The van der Waals surface area contributed by atoms with Gasteiger partial charge in [0.25, 0.3) is 5.91 Å². The van der Waals surface area contributed by atoms with E-state index in [1.54, 1.807) is 0 Å². The van der Waals surface area contributed by atoms with Gasteiger partial charge in [0.05, 0.1) is 5.56 Å². The van der Waals surface area contributed by atoms with Crippen LogP contribution in [0, 0.1) is 0 Å². The number of anilines is 1. The molecular weight excluding hydrogens is 409 g/mol. The minimum absolute atomic E-state index is 0.102. The van der Waals surface area contributed by atoms with Gasteiger partial charge in [-0.25, -0.2) is 0 Å². The van der Waals surface area contributed by atoms with Crippen LogP contribution in [0.25, 0.3) is 0 Å². The van der Waals surface area contributed by atoms with E-state index in [0.717, 1.165) is 62.2 Å². The topological polar surface area (TPSA) is 71.3 Å². The first-order valence-corrected chi connectivity index (χ1v) is 10.0. The number of halogens is 3. The van der Waals surface area contributed by atoms with Crippen molar-refractivity contribution < 1.29 is 22.4 Å². The van der Waals surface area contributed by atoms with E-state index in [2.05, 4.69) is 15.5 Å². The maximum absolute atomic E-state index is 12.8. The minimum atomic E-state index is -4.46. The van der Waals surface area contributed by atoms with E-state index in [9.17, 15) is 18.0 Å². The first-order chi connectivity index (χ1) is 14.9. The SMILES string of the molecule is O=C(N[C@@H](c1ccccc1)c1nnc(N2CCCCC2)o1)c1ccc(C(F)(F)F)cc1. The molecule has 0 spiro atoms. The molecule has 3 aromatic rings. The van der Waals surface area contributed by atoms with Crippen molar-refractivity contribution in [3.8, 4) is 0 Å². The van der Waals surface area contributed by atoms with Crippen molar-refractivity contribution in [3.63, 3.8) is 0 Å². The molecule has 1 atom stereocenters. The zero-order valence-electron chi connectivity index (χ0n) is 16.6. The van der Waals surface area contributed by atoms with Crippen LogP contribution in [0.4, 0.5) is 19.2 Å². The number of aromatic nitrogens is 2. The number of nitrogens with one attached hydrogen (secondary N) is 1. The Labute approximate surface area is 177 Å². The van der Waals surface area contributed by atoms with Gasteiger partial charge in [-0.1, -0.05) is 35.4 Å². The summed E-state index contributed by atoms with van der Waals surface area (Å²) in [5.74, 6) is -0.327. The lowest BCUT2D eigenvalue weighted by atomic mass is 10.1. The third kappa shape index (κ3) is 4.87. The van der Waals surface area contributed by atoms with E-state index in [0.29, 0.717) is 6.01 Å². The Morgan fingerprint density at radius 2 is 1.65 bits per heavy atom. The molecule has 1 saturated heterocycles. The van der Waals surface area contributed by atoms with Crippen LogP contribution in [0.15, 0.2) is 59.0 Å². The summed E-state index contributed by atoms with van der Waals surface area (Å²) >= 11 is 0. The van der Waals surface area contributed by atoms with Gasteiger partial charge in [-0.05, 0) is 49.1 Å². The maximum Gasteiger partial charge on any atom is 0.416 e. The molecule has 0 radical (unpaired) electrons. The lowest BCUT2D eigenvalue weighted by Gasteiger charge is -2.24. The molecule has 6 nitrogen and oxygen atoms in total. The summed E-state index contributed by atoms with van der Waals surface area (Å²) in [6, 6.07) is 12.8. The van der Waals surface area contributed by atoms with Crippen LogP contribution in [0.1, 0.15) is 52.7 Å². The third-order valence-electron chi connectivity index (χ3n) is 5.19. The van der Waals surface area contributed by atoms with Crippen molar-refractivity contribution in [1.29, 1.82) is 0 Å². The van der Waals surface area contributed by atoms with E-state index in [1.165, 1.54) is 0 Å². The average Bonchev–Trinajstić information content (AvgIpc) is 3.28. The van der Waals surface area contributed by atoms with E-state index in [-0.39, 0.29) is 11.5 Å². The third-order valence-corrected chi connectivity index (χ3v) is 5.19. The highest BCUT2D eigenvalue weighted by Crippen LogP contribution is 2.29. The molecular formula is C22H21F3N4O2. The largest absolute Gasteiger partial charge is 0.416 e. The molecule has 1 aromatic heterocycles. The smallest absolute Gasteiger partial charge is 0.405 e. The summed E-state index contributed by atoms with van der Waals surface area (Å²) in [5.41, 5.74) is 0.00744. The summed E-state index contributed by atoms with van der Waals surface area (Å²) in [6.07, 6.45) is -1.21. The molecule has 2 heterocycles. The highest BCUT2D eigenvalue weighted by Gasteiger charge is 2.31. The number of benzene rings is 2. The fraction of sp³-hybridized carbons (Fsp3) is 0.318. The molecule has 1 N–H and O–H groups in total. The van der Waals surface area contributed by atoms with E-state index < -0.39 is 23.7 Å². The Morgan fingerprint density at radius 1 is 0.968 bits per heavy atom. The van der Waals surface area contributed by atoms with Crippen LogP contribution in [-0.2, 0) is 6.18 Å². The molecule has 0 bridgehead atoms.